The van der Waals surface area contributed by atoms with Gasteiger partial charge in [0.25, 0.3) is 5.91 Å². The smallest absolute Gasteiger partial charge is 0.308 e. The molecule has 1 aromatic heterocycles. The van der Waals surface area contributed by atoms with E-state index in [9.17, 15) is 14.4 Å². The third-order valence-corrected chi connectivity index (χ3v) is 6.38. The van der Waals surface area contributed by atoms with Crippen molar-refractivity contribution in [3.05, 3.63) is 22.4 Å². The molecule has 0 bridgehead atoms. The Labute approximate surface area is 193 Å². The minimum atomic E-state index is -0.782. The van der Waals surface area contributed by atoms with Crippen molar-refractivity contribution in [2.75, 3.05) is 19.7 Å². The van der Waals surface area contributed by atoms with Crippen molar-refractivity contribution in [1.82, 2.24) is 15.5 Å². The molecular weight excluding hydrogens is 434 g/mol. The Morgan fingerprint density at radius 3 is 2.61 bits per heavy atom. The van der Waals surface area contributed by atoms with Crippen molar-refractivity contribution in [2.45, 2.75) is 70.8 Å². The summed E-state index contributed by atoms with van der Waals surface area (Å²) in [7, 11) is 0. The van der Waals surface area contributed by atoms with E-state index in [-0.39, 0.29) is 23.3 Å². The fourth-order valence-electron chi connectivity index (χ4n) is 3.44. The monoisotopic (exact) mass is 467 g/mol. The van der Waals surface area contributed by atoms with Crippen molar-refractivity contribution < 1.29 is 19.1 Å². The second-order valence-electron chi connectivity index (χ2n) is 7.64. The largest absolute Gasteiger partial charge is 0.466 e. The zero-order valence-electron chi connectivity index (χ0n) is 18.2. The van der Waals surface area contributed by atoms with Crippen LogP contribution in [-0.4, -0.2) is 53.5 Å². The van der Waals surface area contributed by atoms with E-state index in [1.165, 1.54) is 43.4 Å². The minimum Gasteiger partial charge on any atom is -0.466 e. The van der Waals surface area contributed by atoms with E-state index >= 15 is 0 Å². The van der Waals surface area contributed by atoms with E-state index in [1.807, 2.05) is 0 Å². The summed E-state index contributed by atoms with van der Waals surface area (Å²) < 4.78 is 5.33. The lowest BCUT2D eigenvalue weighted by Gasteiger charge is -2.36. The summed E-state index contributed by atoms with van der Waals surface area (Å²) in [5.41, 5.74) is 0. The van der Waals surface area contributed by atoms with Crippen LogP contribution in [0.3, 0.4) is 0 Å². The topological polar surface area (TPSA) is 87.7 Å². The quantitative estimate of drug-likeness (QED) is 0.277. The van der Waals surface area contributed by atoms with Gasteiger partial charge in [-0.25, -0.2) is 0 Å². The third-order valence-electron chi connectivity index (χ3n) is 5.18. The molecule has 1 atom stereocenters. The number of carbonyl (C=O) groups is 3. The van der Waals surface area contributed by atoms with Crippen LogP contribution in [0.2, 0.25) is 0 Å². The molecule has 172 valence electrons. The predicted molar refractivity (Wildman–Crippen MR) is 126 cm³/mol. The molecule has 2 rings (SSSR count). The minimum absolute atomic E-state index is 0.0993. The summed E-state index contributed by atoms with van der Waals surface area (Å²) in [6.45, 7) is 3.39. The van der Waals surface area contributed by atoms with E-state index in [0.717, 1.165) is 19.3 Å². The molecule has 9 heteroatoms. The molecule has 0 aliphatic carbocycles. The lowest BCUT2D eigenvalue weighted by molar-refractivity contribution is -0.147. The Hall–Kier alpha value is -2.00. The molecule has 7 nitrogen and oxygen atoms in total. The first-order chi connectivity index (χ1) is 15.0. The summed E-state index contributed by atoms with van der Waals surface area (Å²) in [6.07, 6.45) is 9.24. The fraction of sp³-hybridized carbons (Fsp3) is 0.636. The second-order valence-corrected chi connectivity index (χ2v) is 8.97. The number of hydrogen-bond donors (Lipinski definition) is 2. The van der Waals surface area contributed by atoms with Crippen molar-refractivity contribution in [1.29, 1.82) is 0 Å². The Morgan fingerprint density at radius 2 is 1.94 bits per heavy atom. The molecule has 1 aliphatic rings. The van der Waals surface area contributed by atoms with Gasteiger partial charge in [-0.05, 0) is 30.1 Å². The first-order valence-electron chi connectivity index (χ1n) is 11.1. The highest BCUT2D eigenvalue weighted by molar-refractivity contribution is 7.80. The number of rotatable bonds is 12. The number of esters is 1. The number of thiocarbonyl (C=S) groups is 1. The number of amides is 2. The molecule has 2 amide bonds. The van der Waals surface area contributed by atoms with Gasteiger partial charge in [0, 0.05) is 13.1 Å². The molecular formula is C22H33N3O4S2. The molecule has 1 fully saturated rings. The summed E-state index contributed by atoms with van der Waals surface area (Å²) in [4.78, 5) is 39.0. The number of nitrogens with one attached hydrogen (secondary N) is 2. The van der Waals surface area contributed by atoms with E-state index in [0.29, 0.717) is 24.6 Å². The highest BCUT2D eigenvalue weighted by Crippen LogP contribution is 2.13. The van der Waals surface area contributed by atoms with Crippen LogP contribution in [0.4, 0.5) is 0 Å². The van der Waals surface area contributed by atoms with Crippen molar-refractivity contribution in [2.24, 2.45) is 0 Å². The van der Waals surface area contributed by atoms with E-state index in [4.69, 9.17) is 17.0 Å². The molecule has 2 N–H and O–H groups in total. The van der Waals surface area contributed by atoms with Gasteiger partial charge in [0.05, 0.1) is 17.9 Å². The number of nitrogens with zero attached hydrogens (tertiary/aromatic N) is 1. The van der Waals surface area contributed by atoms with Crippen molar-refractivity contribution in [3.8, 4) is 0 Å². The maximum atomic E-state index is 12.4. The zero-order valence-corrected chi connectivity index (χ0v) is 19.8. The molecule has 0 radical (unpaired) electrons. The van der Waals surface area contributed by atoms with Gasteiger partial charge in [-0.15, -0.1) is 11.3 Å². The van der Waals surface area contributed by atoms with Crippen LogP contribution in [0.1, 0.15) is 74.4 Å². The average molecular weight is 468 g/mol. The molecule has 1 unspecified atom stereocenters. The van der Waals surface area contributed by atoms with E-state index < -0.39 is 12.0 Å². The Kier molecular flexibility index (Phi) is 11.5. The molecule has 0 spiro atoms. The highest BCUT2D eigenvalue weighted by atomic mass is 32.1. The molecule has 0 aromatic carbocycles. The molecule has 1 aromatic rings. The SMILES string of the molecule is CCCCCCCCCCOC(=O)CC1C(=O)NCCN1C(=S)NC(=O)c1cccs1. The van der Waals surface area contributed by atoms with Crippen LogP contribution >= 0.6 is 23.6 Å². The zero-order chi connectivity index (χ0) is 22.5. The number of unbranched alkanes of at least 4 members (excludes halogenated alkanes) is 7. The number of piperazine rings is 1. The first kappa shape index (κ1) is 25.3. The van der Waals surface area contributed by atoms with Crippen LogP contribution in [0, 0.1) is 0 Å². The van der Waals surface area contributed by atoms with E-state index in [1.54, 1.807) is 22.4 Å². The molecule has 1 saturated heterocycles. The summed E-state index contributed by atoms with van der Waals surface area (Å²) >= 11 is 6.65. The van der Waals surface area contributed by atoms with Crippen LogP contribution < -0.4 is 10.6 Å². The van der Waals surface area contributed by atoms with Crippen LogP contribution in [0.15, 0.2) is 17.5 Å². The Balaban J connectivity index is 1.73. The Morgan fingerprint density at radius 1 is 1.23 bits per heavy atom. The average Bonchev–Trinajstić information content (AvgIpc) is 3.29. The molecule has 0 saturated carbocycles. The maximum absolute atomic E-state index is 12.4. The van der Waals surface area contributed by atoms with Crippen molar-refractivity contribution in [3.63, 3.8) is 0 Å². The van der Waals surface area contributed by atoms with Gasteiger partial charge in [0.15, 0.2) is 5.11 Å². The number of ether oxygens (including phenoxy) is 1. The van der Waals surface area contributed by atoms with Gasteiger partial charge < -0.3 is 15.0 Å². The van der Waals surface area contributed by atoms with Crippen molar-refractivity contribution >= 4 is 46.5 Å². The normalized spacial score (nSPS) is 16.0. The van der Waals surface area contributed by atoms with Gasteiger partial charge in [-0.1, -0.05) is 57.9 Å². The predicted octanol–water partition coefficient (Wildman–Crippen LogP) is 3.64. The van der Waals surface area contributed by atoms with Gasteiger partial charge in [0.2, 0.25) is 5.91 Å². The van der Waals surface area contributed by atoms with E-state index in [2.05, 4.69) is 17.6 Å². The highest BCUT2D eigenvalue weighted by Gasteiger charge is 2.34. The summed E-state index contributed by atoms with van der Waals surface area (Å²) in [5, 5.41) is 7.36. The number of carbonyl (C=O) groups excluding carboxylic acids is 3. The first-order valence-corrected chi connectivity index (χ1v) is 12.4. The molecule has 1 aliphatic heterocycles. The van der Waals surface area contributed by atoms with Gasteiger partial charge >= 0.3 is 5.97 Å². The third kappa shape index (κ3) is 8.95. The van der Waals surface area contributed by atoms with Gasteiger partial charge in [0.1, 0.15) is 6.04 Å². The number of thiophene rings is 1. The van der Waals surface area contributed by atoms with Crippen LogP contribution in [0.5, 0.6) is 0 Å². The van der Waals surface area contributed by atoms with Crippen LogP contribution in [0.25, 0.3) is 0 Å². The lowest BCUT2D eigenvalue weighted by atomic mass is 10.1. The second kappa shape index (κ2) is 14.1. The Bertz CT molecular complexity index is 724. The summed E-state index contributed by atoms with van der Waals surface area (Å²) in [5.74, 6) is -1.03. The molecule has 31 heavy (non-hydrogen) atoms. The number of hydrogen-bond acceptors (Lipinski definition) is 6. The fourth-order valence-corrected chi connectivity index (χ4v) is 4.37. The van der Waals surface area contributed by atoms with Gasteiger partial charge in [-0.2, -0.15) is 0 Å². The maximum Gasteiger partial charge on any atom is 0.308 e. The molecule has 2 heterocycles. The standard InChI is InChI=1S/C22H33N3O4S2/c1-2-3-4-5-6-7-8-9-14-29-19(26)16-17-20(27)23-12-13-25(17)22(30)24-21(28)18-11-10-15-31-18/h10-11,15,17H,2-9,12-14,16H2,1H3,(H,23,27)(H,24,28,30). The van der Waals surface area contributed by atoms with Gasteiger partial charge in [-0.3, -0.25) is 19.7 Å². The summed E-state index contributed by atoms with van der Waals surface area (Å²) in [6, 6.07) is 2.70. The van der Waals surface area contributed by atoms with Crippen LogP contribution in [-0.2, 0) is 14.3 Å². The lowest BCUT2D eigenvalue weighted by Crippen LogP contribution is -2.60.